The second-order valence-corrected chi connectivity index (χ2v) is 7.78. The van der Waals surface area contributed by atoms with Crippen LogP contribution in [0, 0.1) is 0 Å². The molecule has 0 aliphatic heterocycles. The summed E-state index contributed by atoms with van der Waals surface area (Å²) < 4.78 is 7.31. The maximum Gasteiger partial charge on any atom is 0.410 e. The Labute approximate surface area is 140 Å². The van der Waals surface area contributed by atoms with Gasteiger partial charge in [-0.2, -0.15) is 5.10 Å². The Bertz CT molecular complexity index is 497. The third-order valence-corrected chi connectivity index (χ3v) is 3.26. The van der Waals surface area contributed by atoms with Gasteiger partial charge in [-0.15, -0.1) is 0 Å². The second kappa shape index (κ2) is 7.81. The van der Waals surface area contributed by atoms with Crippen LogP contribution >= 0.6 is 0 Å². The van der Waals surface area contributed by atoms with Crippen LogP contribution in [0.1, 0.15) is 47.2 Å². The van der Waals surface area contributed by atoms with E-state index in [0.29, 0.717) is 6.54 Å². The zero-order valence-electron chi connectivity index (χ0n) is 15.6. The van der Waals surface area contributed by atoms with Crippen molar-refractivity contribution in [2.24, 2.45) is 7.05 Å². The average Bonchev–Trinajstić information content (AvgIpc) is 2.75. The lowest BCUT2D eigenvalue weighted by Crippen LogP contribution is -2.50. The molecule has 0 radical (unpaired) electrons. The number of amides is 1. The van der Waals surface area contributed by atoms with Gasteiger partial charge in [-0.3, -0.25) is 4.68 Å². The van der Waals surface area contributed by atoms with E-state index in [4.69, 9.17) is 4.74 Å². The Kier molecular flexibility index (Phi) is 6.62. The van der Waals surface area contributed by atoms with Crippen LogP contribution < -0.4 is 5.32 Å². The van der Waals surface area contributed by atoms with Gasteiger partial charge in [-0.05, 0) is 47.6 Å². The van der Waals surface area contributed by atoms with Gasteiger partial charge < -0.3 is 15.0 Å². The van der Waals surface area contributed by atoms with Crippen LogP contribution in [0.3, 0.4) is 0 Å². The summed E-state index contributed by atoms with van der Waals surface area (Å²) in [6.07, 6.45) is 2.55. The van der Waals surface area contributed by atoms with Crippen molar-refractivity contribution < 1.29 is 9.53 Å². The average molecular weight is 324 g/mol. The molecule has 1 aromatic rings. The quantitative estimate of drug-likeness (QED) is 0.817. The zero-order valence-corrected chi connectivity index (χ0v) is 15.6. The van der Waals surface area contributed by atoms with Gasteiger partial charge in [-0.25, -0.2) is 4.79 Å². The molecular weight excluding hydrogens is 292 g/mol. The number of aryl methyl sites for hydroxylation is 1. The number of hydrogen-bond acceptors (Lipinski definition) is 4. The zero-order chi connectivity index (χ0) is 17.7. The predicted octanol–water partition coefficient (Wildman–Crippen LogP) is 2.59. The molecule has 0 aromatic carbocycles. The monoisotopic (exact) mass is 324 g/mol. The molecule has 6 heteroatoms. The first kappa shape index (κ1) is 19.5. The Morgan fingerprint density at radius 2 is 1.91 bits per heavy atom. The summed E-state index contributed by atoms with van der Waals surface area (Å²) in [6.45, 7) is 13.9. The molecule has 0 spiro atoms. The second-order valence-electron chi connectivity index (χ2n) is 7.78. The first-order valence-electron chi connectivity index (χ1n) is 8.19. The number of carbonyl (C=O) groups excluding carboxylic acids is 1. The van der Waals surface area contributed by atoms with Gasteiger partial charge in [0.05, 0.1) is 5.69 Å². The van der Waals surface area contributed by atoms with Crippen molar-refractivity contribution in [2.45, 2.75) is 59.1 Å². The maximum absolute atomic E-state index is 12.4. The van der Waals surface area contributed by atoms with Gasteiger partial charge in [0.25, 0.3) is 0 Å². The van der Waals surface area contributed by atoms with Gasteiger partial charge >= 0.3 is 6.09 Å². The highest BCUT2D eigenvalue weighted by Gasteiger charge is 2.30. The van der Waals surface area contributed by atoms with E-state index in [2.05, 4.69) is 10.4 Å². The van der Waals surface area contributed by atoms with E-state index < -0.39 is 5.60 Å². The highest BCUT2D eigenvalue weighted by atomic mass is 16.6. The molecule has 0 saturated carbocycles. The molecule has 1 aromatic heterocycles. The highest BCUT2D eigenvalue weighted by Crippen LogP contribution is 2.17. The molecule has 0 saturated heterocycles. The van der Waals surface area contributed by atoms with Gasteiger partial charge in [0.2, 0.25) is 0 Å². The number of rotatable bonds is 6. The number of nitrogens with one attached hydrogen (secondary N) is 1. The lowest BCUT2D eigenvalue weighted by Gasteiger charge is -2.36. The van der Waals surface area contributed by atoms with E-state index in [0.717, 1.165) is 25.2 Å². The normalized spacial score (nSPS) is 12.3. The third kappa shape index (κ3) is 7.50. The van der Waals surface area contributed by atoms with Gasteiger partial charge in [0, 0.05) is 44.8 Å². The van der Waals surface area contributed by atoms with E-state index in [1.165, 1.54) is 0 Å². The largest absolute Gasteiger partial charge is 0.444 e. The van der Waals surface area contributed by atoms with Crippen molar-refractivity contribution in [3.63, 3.8) is 0 Å². The minimum absolute atomic E-state index is 0.267. The lowest BCUT2D eigenvalue weighted by molar-refractivity contribution is 0.00666. The van der Waals surface area contributed by atoms with Crippen molar-refractivity contribution in [2.75, 3.05) is 19.6 Å². The van der Waals surface area contributed by atoms with E-state index in [-0.39, 0.29) is 11.6 Å². The molecule has 1 heterocycles. The van der Waals surface area contributed by atoms with Crippen LogP contribution in [0.15, 0.2) is 12.3 Å². The summed E-state index contributed by atoms with van der Waals surface area (Å²) in [5.41, 5.74) is 0.317. The molecule has 132 valence electrons. The Balaban J connectivity index is 2.41. The number of nitrogens with zero attached hydrogens (tertiary/aromatic N) is 3. The standard InChI is InChI=1S/C17H32N4O2/c1-16(2,3)21(15(22)23-17(4,5)6)13-11-18-10-8-14-9-12-20(7)19-14/h9,12,18H,8,10-11,13H2,1-7H3. The van der Waals surface area contributed by atoms with Crippen LogP contribution in [0.2, 0.25) is 0 Å². The first-order chi connectivity index (χ1) is 10.5. The molecule has 0 atom stereocenters. The molecule has 0 aliphatic carbocycles. The van der Waals surface area contributed by atoms with Crippen molar-refractivity contribution >= 4 is 6.09 Å². The minimum Gasteiger partial charge on any atom is -0.444 e. The third-order valence-electron chi connectivity index (χ3n) is 3.26. The van der Waals surface area contributed by atoms with Gasteiger partial charge in [0.1, 0.15) is 5.60 Å². The smallest absolute Gasteiger partial charge is 0.410 e. The molecule has 1 N–H and O–H groups in total. The van der Waals surface area contributed by atoms with Crippen LogP contribution in [-0.2, 0) is 18.2 Å². The summed E-state index contributed by atoms with van der Waals surface area (Å²) in [7, 11) is 1.92. The molecule has 0 bridgehead atoms. The molecular formula is C17H32N4O2. The maximum atomic E-state index is 12.4. The molecule has 23 heavy (non-hydrogen) atoms. The summed E-state index contributed by atoms with van der Waals surface area (Å²) in [5, 5.41) is 7.71. The highest BCUT2D eigenvalue weighted by molar-refractivity contribution is 5.69. The number of hydrogen-bond donors (Lipinski definition) is 1. The van der Waals surface area contributed by atoms with Crippen LogP contribution in [0.25, 0.3) is 0 Å². The number of aromatic nitrogens is 2. The SMILES string of the molecule is Cn1ccc(CCNCCN(C(=O)OC(C)(C)C)C(C)(C)C)n1. The number of ether oxygens (including phenoxy) is 1. The van der Waals surface area contributed by atoms with Crippen LogP contribution in [0.4, 0.5) is 4.79 Å². The Hall–Kier alpha value is -1.56. The summed E-state index contributed by atoms with van der Waals surface area (Å²) in [6, 6.07) is 2.02. The topological polar surface area (TPSA) is 59.4 Å². The minimum atomic E-state index is -0.479. The van der Waals surface area contributed by atoms with E-state index in [1.807, 2.05) is 60.9 Å². The molecule has 6 nitrogen and oxygen atoms in total. The fourth-order valence-corrected chi connectivity index (χ4v) is 2.15. The molecule has 0 fully saturated rings. The summed E-state index contributed by atoms with van der Waals surface area (Å²) >= 11 is 0. The lowest BCUT2D eigenvalue weighted by atomic mass is 10.1. The van der Waals surface area contributed by atoms with Crippen molar-refractivity contribution in [1.29, 1.82) is 0 Å². The first-order valence-corrected chi connectivity index (χ1v) is 8.19. The van der Waals surface area contributed by atoms with E-state index >= 15 is 0 Å². The fraction of sp³-hybridized carbons (Fsp3) is 0.765. The summed E-state index contributed by atoms with van der Waals surface area (Å²) in [4.78, 5) is 14.1. The van der Waals surface area contributed by atoms with Crippen molar-refractivity contribution in [1.82, 2.24) is 20.0 Å². The van der Waals surface area contributed by atoms with E-state index in [1.54, 1.807) is 9.58 Å². The Morgan fingerprint density at radius 3 is 2.39 bits per heavy atom. The van der Waals surface area contributed by atoms with Crippen LogP contribution in [0.5, 0.6) is 0 Å². The fourth-order valence-electron chi connectivity index (χ4n) is 2.15. The van der Waals surface area contributed by atoms with Crippen LogP contribution in [-0.4, -0.2) is 51.5 Å². The van der Waals surface area contributed by atoms with E-state index in [9.17, 15) is 4.79 Å². The molecule has 1 rings (SSSR count). The van der Waals surface area contributed by atoms with Crippen molar-refractivity contribution in [3.05, 3.63) is 18.0 Å². The molecule has 0 unspecified atom stereocenters. The summed E-state index contributed by atoms with van der Waals surface area (Å²) in [5.74, 6) is 0. The molecule has 0 aliphatic rings. The molecule has 1 amide bonds. The van der Waals surface area contributed by atoms with Gasteiger partial charge in [-0.1, -0.05) is 0 Å². The predicted molar refractivity (Wildman–Crippen MR) is 92.5 cm³/mol. The Morgan fingerprint density at radius 1 is 1.26 bits per heavy atom. The number of carbonyl (C=O) groups is 1. The van der Waals surface area contributed by atoms with Crippen molar-refractivity contribution in [3.8, 4) is 0 Å². The van der Waals surface area contributed by atoms with Gasteiger partial charge in [0.15, 0.2) is 0 Å².